The van der Waals surface area contributed by atoms with Crippen LogP contribution in [0.15, 0.2) is 6.07 Å². The minimum absolute atomic E-state index is 0.416. The van der Waals surface area contributed by atoms with E-state index in [0.29, 0.717) is 23.2 Å². The molecule has 17 heavy (non-hydrogen) atoms. The molecule has 0 radical (unpaired) electrons. The Balaban J connectivity index is 2.00. The molecule has 1 fully saturated rings. The maximum Gasteiger partial charge on any atom is 0.226 e. The van der Waals surface area contributed by atoms with E-state index < -0.39 is 0 Å². The highest BCUT2D eigenvalue weighted by Gasteiger charge is 2.41. The Morgan fingerprint density at radius 2 is 2.24 bits per heavy atom. The maximum absolute atomic E-state index is 5.40. The van der Waals surface area contributed by atoms with E-state index in [1.165, 1.54) is 12.8 Å². The zero-order chi connectivity index (χ0) is 12.3. The van der Waals surface area contributed by atoms with Crippen LogP contribution in [0.1, 0.15) is 25.5 Å². The van der Waals surface area contributed by atoms with Crippen LogP contribution in [0, 0.1) is 6.92 Å². The monoisotopic (exact) mass is 253 g/mol. The van der Waals surface area contributed by atoms with E-state index in [9.17, 15) is 0 Å². The molecule has 1 aliphatic carbocycles. The van der Waals surface area contributed by atoms with Crippen LogP contribution in [-0.4, -0.2) is 34.1 Å². The number of hydrogen-bond donors (Lipinski definition) is 1. The second-order valence-electron chi connectivity index (χ2n) is 4.34. The molecule has 0 bridgehead atoms. The molecule has 0 saturated heterocycles. The number of ether oxygens (including phenoxy) is 1. The lowest BCUT2D eigenvalue weighted by atomic mass is 10.4. The number of nitrogens with one attached hydrogen (secondary N) is 1. The standard InChI is InChI=1S/C12H19N3OS/c1-4-16-10-7-9(2)14-11(15-10)13-8-12(17-3)5-6-12/h7H,4-6,8H2,1-3H3,(H,13,14,15). The van der Waals surface area contributed by atoms with Gasteiger partial charge in [-0.3, -0.25) is 0 Å². The van der Waals surface area contributed by atoms with Crippen LogP contribution in [0.4, 0.5) is 5.95 Å². The molecule has 0 atom stereocenters. The molecular formula is C12H19N3OS. The first-order valence-electron chi connectivity index (χ1n) is 5.95. The van der Waals surface area contributed by atoms with Crippen molar-refractivity contribution in [2.75, 3.05) is 24.7 Å². The van der Waals surface area contributed by atoms with Crippen molar-refractivity contribution in [1.29, 1.82) is 0 Å². The fourth-order valence-corrected chi connectivity index (χ4v) is 2.40. The van der Waals surface area contributed by atoms with Crippen molar-refractivity contribution in [2.24, 2.45) is 0 Å². The second-order valence-corrected chi connectivity index (χ2v) is 5.62. The minimum atomic E-state index is 0.416. The highest BCUT2D eigenvalue weighted by molar-refractivity contribution is 8.00. The molecular weight excluding hydrogens is 234 g/mol. The van der Waals surface area contributed by atoms with E-state index in [1.807, 2.05) is 31.7 Å². The molecule has 1 N–H and O–H groups in total. The molecule has 94 valence electrons. The molecule has 2 rings (SSSR count). The molecule has 1 heterocycles. The lowest BCUT2D eigenvalue weighted by Gasteiger charge is -2.13. The van der Waals surface area contributed by atoms with Crippen molar-refractivity contribution < 1.29 is 4.74 Å². The molecule has 4 nitrogen and oxygen atoms in total. The normalized spacial score (nSPS) is 16.6. The Labute approximate surface area is 107 Å². The number of nitrogens with zero attached hydrogens (tertiary/aromatic N) is 2. The van der Waals surface area contributed by atoms with Gasteiger partial charge in [0, 0.05) is 23.1 Å². The Kier molecular flexibility index (Phi) is 3.76. The van der Waals surface area contributed by atoms with Gasteiger partial charge in [-0.25, -0.2) is 4.98 Å². The van der Waals surface area contributed by atoms with Crippen LogP contribution in [0.5, 0.6) is 5.88 Å². The molecule has 0 aliphatic heterocycles. The van der Waals surface area contributed by atoms with Crippen LogP contribution >= 0.6 is 11.8 Å². The summed E-state index contributed by atoms with van der Waals surface area (Å²) in [6.07, 6.45) is 4.73. The summed E-state index contributed by atoms with van der Waals surface area (Å²) in [6.45, 7) is 5.47. The van der Waals surface area contributed by atoms with Crippen molar-refractivity contribution >= 4 is 17.7 Å². The van der Waals surface area contributed by atoms with E-state index in [4.69, 9.17) is 4.74 Å². The van der Waals surface area contributed by atoms with Crippen molar-refractivity contribution in [1.82, 2.24) is 9.97 Å². The van der Waals surface area contributed by atoms with Gasteiger partial charge in [0.15, 0.2) is 0 Å². The molecule has 0 aromatic carbocycles. The highest BCUT2D eigenvalue weighted by Crippen LogP contribution is 2.46. The number of aromatic nitrogens is 2. The molecule has 1 aliphatic rings. The van der Waals surface area contributed by atoms with Crippen molar-refractivity contribution in [2.45, 2.75) is 31.4 Å². The first kappa shape index (κ1) is 12.5. The molecule has 1 aromatic heterocycles. The highest BCUT2D eigenvalue weighted by atomic mass is 32.2. The molecule has 0 spiro atoms. The van der Waals surface area contributed by atoms with Gasteiger partial charge < -0.3 is 10.1 Å². The predicted molar refractivity (Wildman–Crippen MR) is 71.9 cm³/mol. The number of hydrogen-bond acceptors (Lipinski definition) is 5. The van der Waals surface area contributed by atoms with Gasteiger partial charge in [-0.05, 0) is 32.9 Å². The van der Waals surface area contributed by atoms with Crippen molar-refractivity contribution in [3.05, 3.63) is 11.8 Å². The van der Waals surface area contributed by atoms with Crippen LogP contribution in [0.25, 0.3) is 0 Å². The predicted octanol–water partition coefficient (Wildman–Crippen LogP) is 2.49. The van der Waals surface area contributed by atoms with E-state index >= 15 is 0 Å². The smallest absolute Gasteiger partial charge is 0.226 e. The fraction of sp³-hybridized carbons (Fsp3) is 0.667. The van der Waals surface area contributed by atoms with Crippen LogP contribution < -0.4 is 10.1 Å². The van der Waals surface area contributed by atoms with Gasteiger partial charge in [0.2, 0.25) is 11.8 Å². The number of thioether (sulfide) groups is 1. The summed E-state index contributed by atoms with van der Waals surface area (Å²) < 4.78 is 5.82. The van der Waals surface area contributed by atoms with Gasteiger partial charge in [0.25, 0.3) is 0 Å². The zero-order valence-corrected chi connectivity index (χ0v) is 11.4. The largest absolute Gasteiger partial charge is 0.478 e. The summed E-state index contributed by atoms with van der Waals surface area (Å²) >= 11 is 1.93. The first-order chi connectivity index (χ1) is 8.17. The lowest BCUT2D eigenvalue weighted by Crippen LogP contribution is -2.19. The Hall–Kier alpha value is -0.970. The number of rotatable bonds is 6. The van der Waals surface area contributed by atoms with Crippen LogP contribution in [0.2, 0.25) is 0 Å². The summed E-state index contributed by atoms with van der Waals surface area (Å²) in [5.74, 6) is 1.32. The summed E-state index contributed by atoms with van der Waals surface area (Å²) in [5, 5.41) is 3.31. The second kappa shape index (κ2) is 5.12. The maximum atomic E-state index is 5.40. The Morgan fingerprint density at radius 3 is 2.82 bits per heavy atom. The average molecular weight is 253 g/mol. The summed E-state index contributed by atoms with van der Waals surface area (Å²) in [4.78, 5) is 8.70. The summed E-state index contributed by atoms with van der Waals surface area (Å²) in [7, 11) is 0. The zero-order valence-electron chi connectivity index (χ0n) is 10.6. The number of anilines is 1. The lowest BCUT2D eigenvalue weighted by molar-refractivity contribution is 0.326. The first-order valence-corrected chi connectivity index (χ1v) is 7.17. The topological polar surface area (TPSA) is 47.0 Å². The summed E-state index contributed by atoms with van der Waals surface area (Å²) in [5.41, 5.74) is 0.931. The van der Waals surface area contributed by atoms with E-state index in [-0.39, 0.29) is 0 Å². The summed E-state index contributed by atoms with van der Waals surface area (Å²) in [6, 6.07) is 1.86. The fourth-order valence-electron chi connectivity index (χ4n) is 1.67. The molecule has 0 unspecified atom stereocenters. The third-order valence-electron chi connectivity index (χ3n) is 2.93. The Bertz CT molecular complexity index is 393. The van der Waals surface area contributed by atoms with Crippen molar-refractivity contribution in [3.8, 4) is 5.88 Å². The molecule has 0 amide bonds. The van der Waals surface area contributed by atoms with Gasteiger partial charge in [-0.1, -0.05) is 0 Å². The Morgan fingerprint density at radius 1 is 1.47 bits per heavy atom. The van der Waals surface area contributed by atoms with E-state index in [1.54, 1.807) is 0 Å². The van der Waals surface area contributed by atoms with Gasteiger partial charge in [-0.15, -0.1) is 0 Å². The third-order valence-corrected chi connectivity index (χ3v) is 4.35. The van der Waals surface area contributed by atoms with E-state index in [2.05, 4.69) is 21.5 Å². The van der Waals surface area contributed by atoms with Gasteiger partial charge >= 0.3 is 0 Å². The minimum Gasteiger partial charge on any atom is -0.478 e. The van der Waals surface area contributed by atoms with Crippen molar-refractivity contribution in [3.63, 3.8) is 0 Å². The molecule has 1 aromatic rings. The van der Waals surface area contributed by atoms with Gasteiger partial charge in [0.1, 0.15) is 0 Å². The quantitative estimate of drug-likeness (QED) is 0.844. The van der Waals surface area contributed by atoms with E-state index in [0.717, 1.165) is 12.2 Å². The van der Waals surface area contributed by atoms with Crippen LogP contribution in [-0.2, 0) is 0 Å². The molecule has 1 saturated carbocycles. The average Bonchev–Trinajstić information content (AvgIpc) is 3.07. The van der Waals surface area contributed by atoms with Gasteiger partial charge in [0.05, 0.1) is 6.61 Å². The third kappa shape index (κ3) is 3.25. The van der Waals surface area contributed by atoms with Gasteiger partial charge in [-0.2, -0.15) is 16.7 Å². The number of aryl methyl sites for hydroxylation is 1. The molecule has 5 heteroatoms. The SMILES string of the molecule is CCOc1cc(C)nc(NCC2(SC)CC2)n1. The van der Waals surface area contributed by atoms with Crippen LogP contribution in [0.3, 0.4) is 0 Å².